The number of anilines is 1. The SMILES string of the molecule is CC1CN(c2nc(=O)[nH]c3c(SCC(CO)c4cccnc4)c(Cl)c(C(F)(F)F)cc23)C[C@@H](C)N1C(=O)OC(C)(C)C. The Bertz CT molecular complexity index is 1490. The van der Waals surface area contributed by atoms with Crippen LogP contribution in [0.3, 0.4) is 0 Å². The van der Waals surface area contributed by atoms with Crippen LogP contribution in [0.2, 0.25) is 5.02 Å². The van der Waals surface area contributed by atoms with Gasteiger partial charge >= 0.3 is 18.0 Å². The highest BCUT2D eigenvalue weighted by molar-refractivity contribution is 7.99. The van der Waals surface area contributed by atoms with E-state index in [1.807, 2.05) is 0 Å². The van der Waals surface area contributed by atoms with Gasteiger partial charge in [0.2, 0.25) is 0 Å². The number of ether oxygens (including phenoxy) is 1. The second-order valence-corrected chi connectivity index (χ2v) is 12.7. The summed E-state index contributed by atoms with van der Waals surface area (Å²) in [5, 5.41) is 9.51. The Labute approximate surface area is 250 Å². The molecule has 1 aromatic carbocycles. The van der Waals surface area contributed by atoms with Crippen molar-refractivity contribution in [2.45, 2.75) is 69.3 Å². The number of carbonyl (C=O) groups is 1. The molecule has 3 heterocycles. The Balaban J connectivity index is 1.77. The highest BCUT2D eigenvalue weighted by Crippen LogP contribution is 2.45. The number of aromatic amines is 1. The van der Waals surface area contributed by atoms with Crippen LogP contribution in [-0.4, -0.2) is 74.2 Å². The van der Waals surface area contributed by atoms with Crippen LogP contribution in [0.4, 0.5) is 23.8 Å². The molecular formula is C28H33ClF3N5O4S. The monoisotopic (exact) mass is 627 g/mol. The Hall–Kier alpha value is -3.03. The Morgan fingerprint density at radius 3 is 2.48 bits per heavy atom. The van der Waals surface area contributed by atoms with Crippen molar-refractivity contribution in [3.63, 3.8) is 0 Å². The van der Waals surface area contributed by atoms with E-state index in [-0.39, 0.29) is 47.1 Å². The van der Waals surface area contributed by atoms with E-state index in [0.717, 1.165) is 17.8 Å². The van der Waals surface area contributed by atoms with Crippen molar-refractivity contribution >= 4 is 46.2 Å². The molecule has 1 aliphatic heterocycles. The minimum atomic E-state index is -4.79. The van der Waals surface area contributed by atoms with E-state index >= 15 is 0 Å². The number of benzene rings is 1. The molecular weight excluding hydrogens is 595 g/mol. The lowest BCUT2D eigenvalue weighted by Crippen LogP contribution is -2.59. The number of rotatable bonds is 6. The van der Waals surface area contributed by atoms with Gasteiger partial charge in [0.05, 0.1) is 39.7 Å². The first-order chi connectivity index (χ1) is 19.6. The molecule has 42 heavy (non-hydrogen) atoms. The van der Waals surface area contributed by atoms with Crippen LogP contribution >= 0.6 is 23.4 Å². The zero-order valence-electron chi connectivity index (χ0n) is 23.8. The van der Waals surface area contributed by atoms with Gasteiger partial charge in [-0.3, -0.25) is 9.88 Å². The number of aliphatic hydroxyl groups is 1. The number of nitrogens with zero attached hydrogens (tertiary/aromatic N) is 4. The number of piperazine rings is 1. The number of aliphatic hydroxyl groups excluding tert-OH is 1. The molecule has 3 aromatic rings. The standard InChI is InChI=1S/C28H33ClF3N5O4S/c1-15-11-36(12-16(2)37(15)26(40)41-27(3,4)5)24-19-9-20(28(30,31)32)21(29)23(22(19)34-25(39)35-24)42-14-18(13-38)17-7-6-8-33-10-17/h6-10,15-16,18,38H,11-14H2,1-5H3,(H,34,35,39)/t15-,16?,18?/m1/s1. The van der Waals surface area contributed by atoms with Crippen LogP contribution in [0.25, 0.3) is 10.9 Å². The maximum Gasteiger partial charge on any atom is 0.417 e. The van der Waals surface area contributed by atoms with Gasteiger partial charge in [-0.25, -0.2) is 9.59 Å². The van der Waals surface area contributed by atoms with E-state index in [4.69, 9.17) is 16.3 Å². The first-order valence-corrected chi connectivity index (χ1v) is 14.7. The van der Waals surface area contributed by atoms with Crippen LogP contribution in [0.5, 0.6) is 0 Å². The van der Waals surface area contributed by atoms with Crippen LogP contribution < -0.4 is 10.6 Å². The van der Waals surface area contributed by atoms with E-state index in [2.05, 4.69) is 15.0 Å². The number of fused-ring (bicyclic) bond motifs is 1. The number of hydrogen-bond donors (Lipinski definition) is 2. The molecule has 2 aromatic heterocycles. The number of thioether (sulfide) groups is 1. The molecule has 3 atom stereocenters. The maximum atomic E-state index is 14.2. The highest BCUT2D eigenvalue weighted by atomic mass is 35.5. The molecule has 4 rings (SSSR count). The van der Waals surface area contributed by atoms with Crippen molar-refractivity contribution in [2.24, 2.45) is 0 Å². The summed E-state index contributed by atoms with van der Waals surface area (Å²) in [7, 11) is 0. The summed E-state index contributed by atoms with van der Waals surface area (Å²) in [4.78, 5) is 39.7. The zero-order valence-corrected chi connectivity index (χ0v) is 25.4. The molecule has 14 heteroatoms. The summed E-state index contributed by atoms with van der Waals surface area (Å²) in [5.41, 5.74) is -1.70. The van der Waals surface area contributed by atoms with Gasteiger partial charge in [0.25, 0.3) is 0 Å². The molecule has 2 N–H and O–H groups in total. The third-order valence-corrected chi connectivity index (χ3v) is 8.61. The van der Waals surface area contributed by atoms with E-state index in [1.54, 1.807) is 68.9 Å². The molecule has 1 amide bonds. The van der Waals surface area contributed by atoms with E-state index < -0.39 is 52.1 Å². The fraction of sp³-hybridized carbons (Fsp3) is 0.500. The van der Waals surface area contributed by atoms with Gasteiger partial charge in [-0.05, 0) is 52.3 Å². The van der Waals surface area contributed by atoms with E-state index in [1.165, 1.54) is 0 Å². The van der Waals surface area contributed by atoms with Crippen molar-refractivity contribution < 1.29 is 27.8 Å². The second-order valence-electron chi connectivity index (χ2n) is 11.3. The molecule has 9 nitrogen and oxygen atoms in total. The number of halogens is 4. The van der Waals surface area contributed by atoms with Gasteiger partial charge in [-0.15, -0.1) is 11.8 Å². The van der Waals surface area contributed by atoms with Crippen molar-refractivity contribution in [1.29, 1.82) is 0 Å². The lowest BCUT2D eigenvalue weighted by molar-refractivity contribution is -0.137. The Kier molecular flexibility index (Phi) is 9.34. The molecule has 1 aliphatic rings. The van der Waals surface area contributed by atoms with Crippen molar-refractivity contribution in [2.75, 3.05) is 30.3 Å². The smallest absolute Gasteiger partial charge is 0.417 e. The molecule has 0 aliphatic carbocycles. The number of H-pyrrole nitrogens is 1. The number of amides is 1. The fourth-order valence-electron chi connectivity index (χ4n) is 5.03. The van der Waals surface area contributed by atoms with E-state index in [0.29, 0.717) is 5.56 Å². The quantitative estimate of drug-likeness (QED) is 0.335. The largest absolute Gasteiger partial charge is 0.444 e. The minimum absolute atomic E-state index is 0.0260. The third kappa shape index (κ3) is 6.95. The average Bonchev–Trinajstić information content (AvgIpc) is 2.88. The van der Waals surface area contributed by atoms with Gasteiger partial charge in [0, 0.05) is 42.5 Å². The van der Waals surface area contributed by atoms with Gasteiger partial charge in [-0.1, -0.05) is 17.7 Å². The summed E-state index contributed by atoms with van der Waals surface area (Å²) in [6.07, 6.45) is -2.13. The predicted octanol–water partition coefficient (Wildman–Crippen LogP) is 5.69. The van der Waals surface area contributed by atoms with Gasteiger partial charge < -0.3 is 19.7 Å². The molecule has 0 saturated carbocycles. The Morgan fingerprint density at radius 2 is 1.93 bits per heavy atom. The highest BCUT2D eigenvalue weighted by Gasteiger charge is 2.39. The fourth-order valence-corrected chi connectivity index (χ4v) is 6.66. The van der Waals surface area contributed by atoms with Gasteiger partial charge in [0.1, 0.15) is 11.4 Å². The topological polar surface area (TPSA) is 112 Å². The zero-order chi connectivity index (χ0) is 31.0. The number of alkyl halides is 3. The predicted molar refractivity (Wildman–Crippen MR) is 156 cm³/mol. The lowest BCUT2D eigenvalue weighted by atomic mass is 10.0. The normalized spacial score (nSPS) is 18.8. The van der Waals surface area contributed by atoms with E-state index in [9.17, 15) is 27.9 Å². The van der Waals surface area contributed by atoms with Crippen molar-refractivity contribution in [3.8, 4) is 0 Å². The van der Waals surface area contributed by atoms with Crippen LogP contribution in [0, 0.1) is 0 Å². The molecule has 1 saturated heterocycles. The summed E-state index contributed by atoms with van der Waals surface area (Å²) in [6, 6.07) is 3.58. The minimum Gasteiger partial charge on any atom is -0.444 e. The second kappa shape index (κ2) is 12.3. The molecule has 2 unspecified atom stereocenters. The summed E-state index contributed by atoms with van der Waals surface area (Å²) >= 11 is 7.36. The molecule has 0 bridgehead atoms. The first-order valence-electron chi connectivity index (χ1n) is 13.3. The van der Waals surface area contributed by atoms with Crippen molar-refractivity contribution in [3.05, 3.63) is 57.2 Å². The maximum absolute atomic E-state index is 14.2. The number of aromatic nitrogens is 3. The summed E-state index contributed by atoms with van der Waals surface area (Å²) in [5.74, 6) is -0.216. The number of hydrogen-bond acceptors (Lipinski definition) is 8. The third-order valence-electron chi connectivity index (χ3n) is 6.83. The Morgan fingerprint density at radius 1 is 1.26 bits per heavy atom. The van der Waals surface area contributed by atoms with Crippen LogP contribution in [0.15, 0.2) is 40.3 Å². The van der Waals surface area contributed by atoms with Gasteiger partial charge in [0.15, 0.2) is 0 Å². The van der Waals surface area contributed by atoms with Gasteiger partial charge in [-0.2, -0.15) is 18.2 Å². The molecule has 228 valence electrons. The van der Waals surface area contributed by atoms with Crippen LogP contribution in [0.1, 0.15) is 51.7 Å². The molecule has 1 fully saturated rings. The first kappa shape index (κ1) is 31.9. The summed E-state index contributed by atoms with van der Waals surface area (Å²) in [6.45, 7) is 9.03. The van der Waals surface area contributed by atoms with Crippen molar-refractivity contribution in [1.82, 2.24) is 19.9 Å². The average molecular weight is 628 g/mol. The molecule has 0 spiro atoms. The lowest BCUT2D eigenvalue weighted by Gasteiger charge is -2.45. The number of carbonyl (C=O) groups excluding carboxylic acids is 1. The number of nitrogens with one attached hydrogen (secondary N) is 1. The number of pyridine rings is 1. The summed E-state index contributed by atoms with van der Waals surface area (Å²) < 4.78 is 48.3. The molecule has 0 radical (unpaired) electrons. The van der Waals surface area contributed by atoms with Crippen LogP contribution in [-0.2, 0) is 10.9 Å².